The van der Waals surface area contributed by atoms with Crippen molar-refractivity contribution in [2.75, 3.05) is 7.05 Å². The minimum atomic E-state index is -3.55. The van der Waals surface area contributed by atoms with Crippen LogP contribution in [-0.2, 0) is 23.1 Å². The molecule has 0 atom stereocenters. The molecule has 0 bridgehead atoms. The van der Waals surface area contributed by atoms with E-state index in [4.69, 9.17) is 11.6 Å². The molecule has 7 heteroatoms. The van der Waals surface area contributed by atoms with E-state index in [1.54, 1.807) is 13.1 Å². The molecule has 0 N–H and O–H groups in total. The van der Waals surface area contributed by atoms with E-state index < -0.39 is 10.0 Å². The van der Waals surface area contributed by atoms with Gasteiger partial charge < -0.3 is 0 Å². The molecule has 3 rings (SSSR count). The molecular formula is C22H24ClN3O2S. The number of halogens is 1. The number of nitrogens with zero attached hydrogens (tertiary/aromatic N) is 3. The average Bonchev–Trinajstić information content (AvgIpc) is 2.96. The monoisotopic (exact) mass is 429 g/mol. The maximum absolute atomic E-state index is 12.7. The van der Waals surface area contributed by atoms with Gasteiger partial charge in [-0.15, -0.1) is 0 Å². The van der Waals surface area contributed by atoms with Crippen LogP contribution in [0.4, 0.5) is 0 Å². The second kappa shape index (κ2) is 8.95. The van der Waals surface area contributed by atoms with E-state index in [-0.39, 0.29) is 6.54 Å². The third-order valence-electron chi connectivity index (χ3n) is 4.86. The molecule has 3 aromatic rings. The van der Waals surface area contributed by atoms with Crippen molar-refractivity contribution in [2.45, 2.75) is 26.9 Å². The molecule has 152 valence electrons. The zero-order valence-corrected chi connectivity index (χ0v) is 18.3. The molecule has 0 saturated carbocycles. The minimum absolute atomic E-state index is 0.252. The Hall–Kier alpha value is -2.41. The fourth-order valence-electron chi connectivity index (χ4n) is 3.05. The lowest BCUT2D eigenvalue weighted by Crippen LogP contribution is -2.25. The molecule has 0 fully saturated rings. The number of aromatic nitrogens is 2. The summed E-state index contributed by atoms with van der Waals surface area (Å²) in [7, 11) is -1.97. The van der Waals surface area contributed by atoms with Gasteiger partial charge in [-0.1, -0.05) is 60.1 Å². The van der Waals surface area contributed by atoms with E-state index in [2.05, 4.69) is 5.10 Å². The van der Waals surface area contributed by atoms with Crippen LogP contribution in [0.5, 0.6) is 0 Å². The van der Waals surface area contributed by atoms with Crippen molar-refractivity contribution < 1.29 is 8.42 Å². The number of rotatable bonds is 7. The van der Waals surface area contributed by atoms with E-state index in [9.17, 15) is 8.42 Å². The van der Waals surface area contributed by atoms with Crippen molar-refractivity contribution in [3.05, 3.63) is 93.1 Å². The highest BCUT2D eigenvalue weighted by Crippen LogP contribution is 2.21. The van der Waals surface area contributed by atoms with Crippen LogP contribution in [0.3, 0.4) is 0 Å². The predicted octanol–water partition coefficient (Wildman–Crippen LogP) is 4.63. The van der Waals surface area contributed by atoms with Gasteiger partial charge >= 0.3 is 0 Å². The fourth-order valence-corrected chi connectivity index (χ4v) is 4.09. The molecule has 0 radical (unpaired) electrons. The maximum atomic E-state index is 12.7. The first kappa shape index (κ1) is 21.3. The van der Waals surface area contributed by atoms with Crippen LogP contribution in [0, 0.1) is 13.8 Å². The summed E-state index contributed by atoms with van der Waals surface area (Å²) in [6.07, 6.45) is 1.60. The van der Waals surface area contributed by atoms with Crippen molar-refractivity contribution in [1.82, 2.24) is 14.1 Å². The molecule has 0 aliphatic heterocycles. The molecule has 0 aliphatic carbocycles. The van der Waals surface area contributed by atoms with Crippen molar-refractivity contribution in [1.29, 1.82) is 0 Å². The highest BCUT2D eigenvalue weighted by atomic mass is 35.5. The van der Waals surface area contributed by atoms with Crippen LogP contribution in [0.1, 0.15) is 28.1 Å². The fraction of sp³-hybridized carbons (Fsp3) is 0.227. The van der Waals surface area contributed by atoms with Crippen LogP contribution < -0.4 is 0 Å². The molecule has 1 heterocycles. The van der Waals surface area contributed by atoms with Gasteiger partial charge in [0.15, 0.2) is 0 Å². The summed E-state index contributed by atoms with van der Waals surface area (Å²) in [6, 6.07) is 17.0. The molecular weight excluding hydrogens is 406 g/mol. The predicted molar refractivity (Wildman–Crippen MR) is 118 cm³/mol. The van der Waals surface area contributed by atoms with Gasteiger partial charge in [-0.25, -0.2) is 8.42 Å². The Labute approximate surface area is 177 Å². The number of hydrogen-bond donors (Lipinski definition) is 0. The highest BCUT2D eigenvalue weighted by molar-refractivity contribution is 7.92. The van der Waals surface area contributed by atoms with Crippen molar-refractivity contribution in [3.8, 4) is 0 Å². The Balaban J connectivity index is 1.78. The minimum Gasteiger partial charge on any atom is -0.265 e. The van der Waals surface area contributed by atoms with Crippen LogP contribution >= 0.6 is 11.6 Å². The molecule has 2 aromatic carbocycles. The molecule has 1 aromatic heterocycles. The Morgan fingerprint density at radius 3 is 2.41 bits per heavy atom. The average molecular weight is 430 g/mol. The number of benzene rings is 2. The van der Waals surface area contributed by atoms with E-state index >= 15 is 0 Å². The maximum Gasteiger partial charge on any atom is 0.236 e. The molecule has 0 amide bonds. The van der Waals surface area contributed by atoms with E-state index in [1.165, 1.54) is 9.71 Å². The third kappa shape index (κ3) is 5.15. The van der Waals surface area contributed by atoms with Crippen molar-refractivity contribution >= 4 is 27.7 Å². The second-order valence-corrected chi connectivity index (χ2v) is 9.25. The summed E-state index contributed by atoms with van der Waals surface area (Å²) < 4.78 is 28.5. The molecule has 0 spiro atoms. The summed E-state index contributed by atoms with van der Waals surface area (Å²) in [6.45, 7) is 4.64. The van der Waals surface area contributed by atoms with Gasteiger partial charge in [-0.05, 0) is 37.1 Å². The summed E-state index contributed by atoms with van der Waals surface area (Å²) >= 11 is 6.27. The lowest BCUT2D eigenvalue weighted by atomic mass is 10.2. The number of sulfonamides is 1. The first-order valence-electron chi connectivity index (χ1n) is 9.23. The summed E-state index contributed by atoms with van der Waals surface area (Å²) in [4.78, 5) is 0. The Morgan fingerprint density at radius 2 is 1.72 bits per heavy atom. The van der Waals surface area contributed by atoms with Gasteiger partial charge in [-0.3, -0.25) is 4.68 Å². The number of hydrogen-bond acceptors (Lipinski definition) is 3. The van der Waals surface area contributed by atoms with Gasteiger partial charge in [0.1, 0.15) is 0 Å². The highest BCUT2D eigenvalue weighted by Gasteiger charge is 2.20. The van der Waals surface area contributed by atoms with Crippen LogP contribution in [0.2, 0.25) is 5.02 Å². The van der Waals surface area contributed by atoms with Gasteiger partial charge in [-0.2, -0.15) is 9.40 Å². The first-order valence-corrected chi connectivity index (χ1v) is 11.1. The summed E-state index contributed by atoms with van der Waals surface area (Å²) in [5, 5.41) is 6.52. The van der Waals surface area contributed by atoms with E-state index in [0.29, 0.717) is 11.6 Å². The summed E-state index contributed by atoms with van der Waals surface area (Å²) in [5.41, 5.74) is 4.44. The lowest BCUT2D eigenvalue weighted by molar-refractivity contribution is 0.473. The zero-order valence-electron chi connectivity index (χ0n) is 16.7. The standard InChI is InChI=1S/C22H24ClN3O2S/c1-17-21(18(2)26(24-17)15-20-11-7-8-12-22(20)23)16-25(3)29(27,28)14-13-19-9-5-4-6-10-19/h4-14H,15-16H2,1-3H3. The normalized spacial score (nSPS) is 12.2. The van der Waals surface area contributed by atoms with Crippen molar-refractivity contribution in [3.63, 3.8) is 0 Å². The molecule has 5 nitrogen and oxygen atoms in total. The number of aryl methyl sites for hydroxylation is 1. The lowest BCUT2D eigenvalue weighted by Gasteiger charge is -2.15. The van der Waals surface area contributed by atoms with Crippen LogP contribution in [0.25, 0.3) is 6.08 Å². The smallest absolute Gasteiger partial charge is 0.236 e. The van der Waals surface area contributed by atoms with E-state index in [0.717, 1.165) is 28.1 Å². The first-order chi connectivity index (χ1) is 13.8. The molecule has 0 unspecified atom stereocenters. The molecule has 29 heavy (non-hydrogen) atoms. The molecule has 0 saturated heterocycles. The van der Waals surface area contributed by atoms with Crippen LogP contribution in [-0.4, -0.2) is 29.6 Å². The SMILES string of the molecule is Cc1nn(Cc2ccccc2Cl)c(C)c1CN(C)S(=O)(=O)C=Cc1ccccc1. The van der Waals surface area contributed by atoms with E-state index in [1.807, 2.05) is 73.1 Å². The third-order valence-corrected chi connectivity index (χ3v) is 6.70. The van der Waals surface area contributed by atoms with Gasteiger partial charge in [0, 0.05) is 35.3 Å². The quantitative estimate of drug-likeness (QED) is 0.550. The van der Waals surface area contributed by atoms with Gasteiger partial charge in [0.2, 0.25) is 10.0 Å². The zero-order chi connectivity index (χ0) is 21.0. The van der Waals surface area contributed by atoms with Gasteiger partial charge in [0.25, 0.3) is 0 Å². The van der Waals surface area contributed by atoms with Crippen LogP contribution in [0.15, 0.2) is 60.0 Å². The Kier molecular flexibility index (Phi) is 6.57. The topological polar surface area (TPSA) is 55.2 Å². The van der Waals surface area contributed by atoms with Crippen molar-refractivity contribution in [2.24, 2.45) is 0 Å². The Bertz CT molecular complexity index is 1120. The van der Waals surface area contributed by atoms with Gasteiger partial charge in [0.05, 0.1) is 12.2 Å². The second-order valence-electron chi connectivity index (χ2n) is 6.91. The largest absolute Gasteiger partial charge is 0.265 e. The summed E-state index contributed by atoms with van der Waals surface area (Å²) in [5.74, 6) is 0. The molecule has 0 aliphatic rings. The Morgan fingerprint density at radius 1 is 1.07 bits per heavy atom.